The second-order valence-corrected chi connectivity index (χ2v) is 18.7. The Morgan fingerprint density at radius 1 is 0.980 bits per heavy atom. The van der Waals surface area contributed by atoms with Crippen LogP contribution in [0.2, 0.25) is 16.6 Å². The molecule has 1 unspecified atom stereocenters. The second-order valence-electron chi connectivity index (χ2n) is 13.2. The van der Waals surface area contributed by atoms with Gasteiger partial charge in [0.2, 0.25) is 0 Å². The normalized spacial score (nSPS) is 13.1. The van der Waals surface area contributed by atoms with Gasteiger partial charge in [-0.1, -0.05) is 59.3 Å². The highest BCUT2D eigenvalue weighted by molar-refractivity contribution is 6.90. The summed E-state index contributed by atoms with van der Waals surface area (Å²) in [5.74, 6) is 11.1. The van der Waals surface area contributed by atoms with Gasteiger partial charge in [-0.15, -0.1) is 5.54 Å². The maximum Gasteiger partial charge on any atom is 0.255 e. The summed E-state index contributed by atoms with van der Waals surface area (Å²) in [4.78, 5) is 34.3. The lowest BCUT2D eigenvalue weighted by Crippen LogP contribution is -2.43. The van der Waals surface area contributed by atoms with Crippen LogP contribution >= 0.6 is 0 Å². The minimum absolute atomic E-state index is 0.0930. The van der Waals surface area contributed by atoms with Crippen molar-refractivity contribution in [1.29, 1.82) is 0 Å². The number of benzene rings is 2. The molecule has 4 aromatic rings. The molecule has 0 saturated carbocycles. The minimum Gasteiger partial charge on any atom is -0.366 e. The molecule has 49 heavy (non-hydrogen) atoms. The van der Waals surface area contributed by atoms with Crippen molar-refractivity contribution in [2.75, 3.05) is 0 Å². The maximum absolute atomic E-state index is 15.6. The number of primary amides is 1. The third-order valence-corrected chi connectivity index (χ3v) is 15.8. The van der Waals surface area contributed by atoms with Gasteiger partial charge in [-0.05, 0) is 64.9 Å². The van der Waals surface area contributed by atoms with E-state index in [1.54, 1.807) is 18.3 Å². The van der Waals surface area contributed by atoms with Gasteiger partial charge in [-0.3, -0.25) is 9.59 Å². The molecule has 1 aliphatic heterocycles. The molecule has 1 aliphatic rings. The number of hydrogen-bond donors (Lipinski definition) is 2. The van der Waals surface area contributed by atoms with Crippen LogP contribution in [0, 0.1) is 52.6 Å². The monoisotopic (exact) mass is 678 g/mol. The Morgan fingerprint density at radius 3 is 2.37 bits per heavy atom. The van der Waals surface area contributed by atoms with Crippen LogP contribution in [0.25, 0.3) is 11.0 Å². The summed E-state index contributed by atoms with van der Waals surface area (Å²) in [5.41, 5.74) is 11.8. The van der Waals surface area contributed by atoms with E-state index in [4.69, 9.17) is 5.73 Å². The summed E-state index contributed by atoms with van der Waals surface area (Å²) in [6.07, 6.45) is 2.84. The van der Waals surface area contributed by atoms with Crippen molar-refractivity contribution in [3.63, 3.8) is 0 Å². The van der Waals surface area contributed by atoms with E-state index in [2.05, 4.69) is 86.7 Å². The molecular weight excluding hydrogens is 642 g/mol. The molecule has 1 atom stereocenters. The van der Waals surface area contributed by atoms with Crippen LogP contribution < -0.4 is 5.73 Å². The van der Waals surface area contributed by atoms with E-state index in [1.165, 1.54) is 17.2 Å². The van der Waals surface area contributed by atoms with Crippen molar-refractivity contribution >= 4 is 30.9 Å². The summed E-state index contributed by atoms with van der Waals surface area (Å²) in [7, 11) is -2.13. The first-order valence-corrected chi connectivity index (χ1v) is 18.4. The van der Waals surface area contributed by atoms with Crippen LogP contribution in [0.4, 0.5) is 13.2 Å². The highest BCUT2D eigenvalue weighted by Crippen LogP contribution is 2.41. The van der Waals surface area contributed by atoms with Crippen molar-refractivity contribution < 1.29 is 22.8 Å². The Hall–Kier alpha value is -5.24. The summed E-state index contributed by atoms with van der Waals surface area (Å²) >= 11 is 0. The Balaban J connectivity index is 1.50. The van der Waals surface area contributed by atoms with Gasteiger partial charge in [-0.2, -0.15) is 0 Å². The van der Waals surface area contributed by atoms with Crippen molar-refractivity contribution in [2.45, 2.75) is 77.2 Å². The smallest absolute Gasteiger partial charge is 0.255 e. The molecule has 2 aromatic carbocycles. The average molecular weight is 679 g/mol. The number of carbonyl (C=O) groups excluding carboxylic acids is 2. The fourth-order valence-corrected chi connectivity index (χ4v) is 12.3. The molecular formula is C39H37F3N4O2Si. The van der Waals surface area contributed by atoms with Crippen LogP contribution in [-0.4, -0.2) is 34.8 Å². The molecule has 0 aliphatic carbocycles. The van der Waals surface area contributed by atoms with Gasteiger partial charge in [0.25, 0.3) is 11.8 Å². The standard InChI is InChI=1S/C39H37F3N4O2Si/c1-23(2)49(24(3)4,25(5)6)17-15-26-18-30-33(35(42)19-26)22-46(39(30)48)36(31-20-27(40)12-13-34(31)41)11-9-7-8-10-28-29-14-16-44-38(29)45-21-32(28)37(43)47/h12-14,16,18-21,23-25,36H,11,22H2,1-6H3,(H2,43,47)(H,44,45). The fraction of sp³-hybridized carbons (Fsp3) is 0.308. The van der Waals surface area contributed by atoms with E-state index < -0.39 is 43.4 Å². The quantitative estimate of drug-likeness (QED) is 0.154. The van der Waals surface area contributed by atoms with Gasteiger partial charge in [0.1, 0.15) is 31.2 Å². The first-order valence-electron chi connectivity index (χ1n) is 16.1. The first-order chi connectivity index (χ1) is 23.3. The number of aromatic amines is 1. The highest BCUT2D eigenvalue weighted by atomic mass is 28.3. The van der Waals surface area contributed by atoms with Gasteiger partial charge in [0, 0.05) is 46.5 Å². The molecule has 6 nitrogen and oxygen atoms in total. The van der Waals surface area contributed by atoms with E-state index in [-0.39, 0.29) is 35.2 Å². The van der Waals surface area contributed by atoms with E-state index in [0.29, 0.717) is 38.8 Å². The number of halogens is 3. The van der Waals surface area contributed by atoms with Crippen LogP contribution in [0.3, 0.4) is 0 Å². The number of nitrogens with one attached hydrogen (secondary N) is 1. The maximum atomic E-state index is 15.6. The zero-order valence-corrected chi connectivity index (χ0v) is 29.3. The second kappa shape index (κ2) is 14.1. The van der Waals surface area contributed by atoms with E-state index in [0.717, 1.165) is 18.2 Å². The van der Waals surface area contributed by atoms with Crippen molar-refractivity contribution in [1.82, 2.24) is 14.9 Å². The molecule has 0 bridgehead atoms. The zero-order chi connectivity index (χ0) is 35.6. The third-order valence-electron chi connectivity index (χ3n) is 9.48. The van der Waals surface area contributed by atoms with Gasteiger partial charge in [0.15, 0.2) is 0 Å². The number of rotatable bonds is 7. The molecule has 0 spiro atoms. The van der Waals surface area contributed by atoms with Crippen molar-refractivity contribution in [3.05, 3.63) is 99.6 Å². The van der Waals surface area contributed by atoms with Gasteiger partial charge >= 0.3 is 0 Å². The summed E-state index contributed by atoms with van der Waals surface area (Å²) in [5, 5.41) is 0.586. The van der Waals surface area contributed by atoms with Crippen LogP contribution in [0.15, 0.2) is 48.8 Å². The largest absolute Gasteiger partial charge is 0.366 e. The van der Waals surface area contributed by atoms with Crippen molar-refractivity contribution in [2.24, 2.45) is 5.73 Å². The molecule has 250 valence electrons. The Bertz CT molecular complexity index is 2130. The number of fused-ring (bicyclic) bond motifs is 2. The van der Waals surface area contributed by atoms with Gasteiger partial charge in [-0.25, -0.2) is 18.2 Å². The predicted molar refractivity (Wildman–Crippen MR) is 187 cm³/mol. The van der Waals surface area contributed by atoms with E-state index in [9.17, 15) is 14.0 Å². The number of nitrogens with zero attached hydrogens (tertiary/aromatic N) is 2. The number of pyridine rings is 1. The van der Waals surface area contributed by atoms with E-state index >= 15 is 8.78 Å². The van der Waals surface area contributed by atoms with Crippen LogP contribution in [-0.2, 0) is 6.54 Å². The molecule has 0 saturated heterocycles. The molecule has 3 heterocycles. The summed E-state index contributed by atoms with van der Waals surface area (Å²) in [6.45, 7) is 12.9. The average Bonchev–Trinajstić information content (AvgIpc) is 3.65. The third kappa shape index (κ3) is 6.73. The first kappa shape index (κ1) is 35.1. The van der Waals surface area contributed by atoms with Gasteiger partial charge < -0.3 is 15.6 Å². The lowest BCUT2D eigenvalue weighted by atomic mass is 10.0. The highest BCUT2D eigenvalue weighted by Gasteiger charge is 2.42. The molecule has 0 fully saturated rings. The molecule has 0 radical (unpaired) electrons. The zero-order valence-electron chi connectivity index (χ0n) is 28.3. The predicted octanol–water partition coefficient (Wildman–Crippen LogP) is 7.79. The molecule has 5 rings (SSSR count). The number of aromatic nitrogens is 2. The number of hydrogen-bond acceptors (Lipinski definition) is 3. The fourth-order valence-electron chi connectivity index (χ4n) is 7.10. The Kier molecular flexibility index (Phi) is 10.1. The summed E-state index contributed by atoms with van der Waals surface area (Å²) in [6, 6.07) is 6.58. The molecule has 2 amide bonds. The van der Waals surface area contributed by atoms with E-state index in [1.807, 2.05) is 0 Å². The van der Waals surface area contributed by atoms with Gasteiger partial charge in [0.05, 0.1) is 23.7 Å². The Labute approximate surface area is 285 Å². The van der Waals surface area contributed by atoms with Crippen LogP contribution in [0.1, 0.15) is 97.0 Å². The lowest BCUT2D eigenvalue weighted by molar-refractivity contribution is 0.0700. The molecule has 2 aromatic heterocycles. The SMILES string of the molecule is CC(C)[Si](C#Cc1cc(F)c2c(c1)C(=O)N(C(CC#CC#Cc1c(C(N)=O)cnc3[nH]ccc13)c1cc(F)ccc1F)C2)(C(C)C)C(C)C. The number of nitrogens with two attached hydrogens (primary N) is 1. The number of amides is 2. The van der Waals surface area contributed by atoms with Crippen LogP contribution in [0.5, 0.6) is 0 Å². The number of carbonyl (C=O) groups is 2. The minimum atomic E-state index is -2.13. The Morgan fingerprint density at radius 2 is 1.69 bits per heavy atom. The molecule has 3 N–H and O–H groups in total. The number of H-pyrrole nitrogens is 1. The molecule has 10 heteroatoms. The lowest BCUT2D eigenvalue weighted by Gasteiger charge is -2.38. The topological polar surface area (TPSA) is 92.1 Å². The van der Waals surface area contributed by atoms with Crippen molar-refractivity contribution in [3.8, 4) is 35.1 Å². The summed E-state index contributed by atoms with van der Waals surface area (Å²) < 4.78 is 45.2.